The van der Waals surface area contributed by atoms with E-state index in [1.54, 1.807) is 25.3 Å². The van der Waals surface area contributed by atoms with E-state index in [0.717, 1.165) is 13.0 Å². The molecule has 0 atom stereocenters. The molecule has 0 aliphatic carbocycles. The van der Waals surface area contributed by atoms with E-state index < -0.39 is 0 Å². The van der Waals surface area contributed by atoms with Crippen LogP contribution in [0.3, 0.4) is 0 Å². The zero-order valence-corrected chi connectivity index (χ0v) is 13.4. The molecule has 5 heteroatoms. The number of methoxy groups -OCH3 is 1. The molecule has 5 nitrogen and oxygen atoms in total. The molecule has 1 saturated heterocycles. The maximum Gasteiger partial charge on any atom is 0.224 e. The fourth-order valence-corrected chi connectivity index (χ4v) is 2.82. The monoisotopic (exact) mass is 305 g/mol. The highest BCUT2D eigenvalue weighted by atomic mass is 16.5. The quantitative estimate of drug-likeness (QED) is 0.793. The number of nitrogens with one attached hydrogen (secondary N) is 1. The maximum atomic E-state index is 12.0. The number of rotatable bonds is 6. The first-order valence-corrected chi connectivity index (χ1v) is 8.15. The number of benzene rings is 1. The van der Waals surface area contributed by atoms with E-state index in [-0.39, 0.29) is 5.91 Å². The van der Waals surface area contributed by atoms with Crippen LogP contribution >= 0.6 is 0 Å². The van der Waals surface area contributed by atoms with Crippen molar-refractivity contribution in [2.45, 2.75) is 38.5 Å². The largest absolute Gasteiger partial charge is 0.497 e. The van der Waals surface area contributed by atoms with Gasteiger partial charge in [-0.2, -0.15) is 0 Å². The Morgan fingerprint density at radius 2 is 2.00 bits per heavy atom. The Labute approximate surface area is 132 Å². The third-order valence-corrected chi connectivity index (χ3v) is 4.11. The van der Waals surface area contributed by atoms with Gasteiger partial charge in [0.05, 0.1) is 18.5 Å². The minimum Gasteiger partial charge on any atom is -0.497 e. The molecule has 0 unspecified atom stereocenters. The average molecular weight is 305 g/mol. The highest BCUT2D eigenvalue weighted by Gasteiger charge is 2.10. The van der Waals surface area contributed by atoms with Crippen LogP contribution in [0.2, 0.25) is 0 Å². The number of hydrogen-bond donors (Lipinski definition) is 2. The Morgan fingerprint density at radius 1 is 1.27 bits per heavy atom. The number of nitrogens with two attached hydrogens (primary N) is 1. The molecule has 22 heavy (non-hydrogen) atoms. The Morgan fingerprint density at radius 3 is 2.64 bits per heavy atom. The number of hydrogen-bond acceptors (Lipinski definition) is 4. The van der Waals surface area contributed by atoms with Crippen LogP contribution in [0.5, 0.6) is 5.75 Å². The molecular weight excluding hydrogens is 278 g/mol. The molecule has 1 aliphatic rings. The van der Waals surface area contributed by atoms with Gasteiger partial charge in [-0.3, -0.25) is 4.79 Å². The van der Waals surface area contributed by atoms with Gasteiger partial charge >= 0.3 is 0 Å². The molecule has 1 heterocycles. The molecule has 0 radical (unpaired) electrons. The number of likely N-dealkylation sites (tertiary alicyclic amines) is 1. The standard InChI is InChI=1S/C17H27N3O2/c1-22-14-8-9-16(15(18)13-14)19-17(21)7-6-12-20-10-4-2-3-5-11-20/h8-9,13H,2-7,10-12,18H2,1H3,(H,19,21). The maximum absolute atomic E-state index is 12.0. The first-order chi connectivity index (χ1) is 10.7. The van der Waals surface area contributed by atoms with Crippen LogP contribution in [0.25, 0.3) is 0 Å². The van der Waals surface area contributed by atoms with Crippen LogP contribution in [0.4, 0.5) is 11.4 Å². The van der Waals surface area contributed by atoms with Gasteiger partial charge in [-0.1, -0.05) is 12.8 Å². The number of anilines is 2. The van der Waals surface area contributed by atoms with E-state index in [2.05, 4.69) is 10.2 Å². The molecule has 122 valence electrons. The summed E-state index contributed by atoms with van der Waals surface area (Å²) >= 11 is 0. The lowest BCUT2D eigenvalue weighted by molar-refractivity contribution is -0.116. The summed E-state index contributed by atoms with van der Waals surface area (Å²) in [6.45, 7) is 3.35. The first-order valence-electron chi connectivity index (χ1n) is 8.15. The molecule has 1 aromatic rings. The van der Waals surface area contributed by atoms with E-state index in [4.69, 9.17) is 10.5 Å². The van der Waals surface area contributed by atoms with Crippen molar-refractivity contribution in [2.75, 3.05) is 37.8 Å². The molecule has 1 aliphatic heterocycles. The summed E-state index contributed by atoms with van der Waals surface area (Å²) in [7, 11) is 1.59. The third kappa shape index (κ3) is 5.22. The summed E-state index contributed by atoms with van der Waals surface area (Å²) < 4.78 is 5.10. The molecule has 0 aromatic heterocycles. The van der Waals surface area contributed by atoms with Crippen LogP contribution in [0, 0.1) is 0 Å². The van der Waals surface area contributed by atoms with E-state index in [0.29, 0.717) is 23.5 Å². The molecule has 1 aromatic carbocycles. The molecule has 3 N–H and O–H groups in total. The van der Waals surface area contributed by atoms with E-state index in [9.17, 15) is 4.79 Å². The highest BCUT2D eigenvalue weighted by Crippen LogP contribution is 2.24. The average Bonchev–Trinajstić information content (AvgIpc) is 2.78. The van der Waals surface area contributed by atoms with Crippen molar-refractivity contribution in [1.29, 1.82) is 0 Å². The Kier molecular flexibility index (Phi) is 6.52. The lowest BCUT2D eigenvalue weighted by Crippen LogP contribution is -2.26. The minimum atomic E-state index is 0.0201. The Bertz CT molecular complexity index is 483. The molecule has 1 fully saturated rings. The second-order valence-corrected chi connectivity index (χ2v) is 5.86. The van der Waals surface area contributed by atoms with Gasteiger partial charge in [0, 0.05) is 12.5 Å². The predicted octanol–water partition coefficient (Wildman–Crippen LogP) is 2.87. The number of carbonyl (C=O) groups excluding carboxylic acids is 1. The number of nitrogen functional groups attached to an aromatic ring is 1. The number of ether oxygens (including phenoxy) is 1. The van der Waals surface area contributed by atoms with Crippen molar-refractivity contribution in [1.82, 2.24) is 4.90 Å². The lowest BCUT2D eigenvalue weighted by atomic mass is 10.2. The van der Waals surface area contributed by atoms with Crippen LogP contribution in [0.1, 0.15) is 38.5 Å². The smallest absolute Gasteiger partial charge is 0.224 e. The van der Waals surface area contributed by atoms with Crippen LogP contribution in [-0.2, 0) is 4.79 Å². The van der Waals surface area contributed by atoms with Gasteiger partial charge in [0.2, 0.25) is 5.91 Å². The summed E-state index contributed by atoms with van der Waals surface area (Å²) in [5.41, 5.74) is 7.09. The van der Waals surface area contributed by atoms with Crippen molar-refractivity contribution in [3.8, 4) is 5.75 Å². The molecular formula is C17H27N3O2. The number of carbonyl (C=O) groups is 1. The highest BCUT2D eigenvalue weighted by molar-refractivity contribution is 5.93. The molecule has 0 saturated carbocycles. The summed E-state index contributed by atoms with van der Waals surface area (Å²) in [6, 6.07) is 5.29. The summed E-state index contributed by atoms with van der Waals surface area (Å²) in [6.07, 6.45) is 6.68. The minimum absolute atomic E-state index is 0.0201. The zero-order valence-electron chi connectivity index (χ0n) is 13.4. The van der Waals surface area contributed by atoms with Crippen LogP contribution < -0.4 is 15.8 Å². The van der Waals surface area contributed by atoms with Gasteiger partial charge in [0.1, 0.15) is 5.75 Å². The lowest BCUT2D eigenvalue weighted by Gasteiger charge is -2.19. The molecule has 0 bridgehead atoms. The zero-order chi connectivity index (χ0) is 15.8. The normalized spacial score (nSPS) is 16.0. The van der Waals surface area contributed by atoms with Crippen molar-refractivity contribution in [3.05, 3.63) is 18.2 Å². The second-order valence-electron chi connectivity index (χ2n) is 5.86. The van der Waals surface area contributed by atoms with E-state index in [1.165, 1.54) is 38.8 Å². The van der Waals surface area contributed by atoms with Gasteiger partial charge in [-0.25, -0.2) is 0 Å². The molecule has 1 amide bonds. The Hall–Kier alpha value is -1.75. The summed E-state index contributed by atoms with van der Waals surface area (Å²) in [5.74, 6) is 0.711. The number of amides is 1. The predicted molar refractivity (Wildman–Crippen MR) is 90.2 cm³/mol. The van der Waals surface area contributed by atoms with Gasteiger partial charge in [0.25, 0.3) is 0 Å². The van der Waals surface area contributed by atoms with Gasteiger partial charge in [-0.15, -0.1) is 0 Å². The van der Waals surface area contributed by atoms with Crippen LogP contribution in [0.15, 0.2) is 18.2 Å². The fourth-order valence-electron chi connectivity index (χ4n) is 2.82. The van der Waals surface area contributed by atoms with Crippen LogP contribution in [-0.4, -0.2) is 37.6 Å². The topological polar surface area (TPSA) is 67.6 Å². The first kappa shape index (κ1) is 16.6. The molecule has 2 rings (SSSR count). The van der Waals surface area contributed by atoms with Gasteiger partial charge in [0.15, 0.2) is 0 Å². The SMILES string of the molecule is COc1ccc(NC(=O)CCCN2CCCCCC2)c(N)c1. The fraction of sp³-hybridized carbons (Fsp3) is 0.588. The van der Waals surface area contributed by atoms with Crippen molar-refractivity contribution in [2.24, 2.45) is 0 Å². The molecule has 0 spiro atoms. The second kappa shape index (κ2) is 8.63. The van der Waals surface area contributed by atoms with E-state index in [1.807, 2.05) is 0 Å². The third-order valence-electron chi connectivity index (χ3n) is 4.11. The summed E-state index contributed by atoms with van der Waals surface area (Å²) in [4.78, 5) is 14.5. The number of nitrogens with zero attached hydrogens (tertiary/aromatic N) is 1. The van der Waals surface area contributed by atoms with Crippen molar-refractivity contribution in [3.63, 3.8) is 0 Å². The van der Waals surface area contributed by atoms with Gasteiger partial charge in [-0.05, 0) is 51.0 Å². The van der Waals surface area contributed by atoms with Crippen molar-refractivity contribution >= 4 is 17.3 Å². The van der Waals surface area contributed by atoms with Gasteiger partial charge < -0.3 is 20.7 Å². The Balaban J connectivity index is 1.73. The summed E-state index contributed by atoms with van der Waals surface area (Å²) in [5, 5.41) is 2.87. The van der Waals surface area contributed by atoms with Crippen molar-refractivity contribution < 1.29 is 9.53 Å². The van der Waals surface area contributed by atoms with E-state index >= 15 is 0 Å².